The predicted octanol–water partition coefficient (Wildman–Crippen LogP) is 6.52. The second-order valence-corrected chi connectivity index (χ2v) is 9.80. The molecule has 2 aromatic rings. The fraction of sp³-hybridized carbons (Fsp3) is 0.538. The zero-order valence-corrected chi connectivity index (χ0v) is 17.6. The van der Waals surface area contributed by atoms with E-state index in [0.717, 1.165) is 19.4 Å². The second-order valence-electron chi connectivity index (χ2n) is 9.80. The molecule has 2 aliphatic carbocycles. The van der Waals surface area contributed by atoms with Crippen molar-refractivity contribution in [3.05, 3.63) is 70.8 Å². The number of hydrogen-bond acceptors (Lipinski definition) is 1. The van der Waals surface area contributed by atoms with Crippen LogP contribution in [0.25, 0.3) is 0 Å². The molecule has 1 spiro atoms. The lowest BCUT2D eigenvalue weighted by molar-refractivity contribution is -0.0264. The fourth-order valence-electron chi connectivity index (χ4n) is 6.06. The summed E-state index contributed by atoms with van der Waals surface area (Å²) in [5.74, 6) is 0. The third-order valence-corrected chi connectivity index (χ3v) is 7.09. The van der Waals surface area contributed by atoms with Crippen LogP contribution in [0.4, 0.5) is 0 Å². The highest BCUT2D eigenvalue weighted by atomic mass is 16.5. The molecule has 27 heavy (non-hydrogen) atoms. The van der Waals surface area contributed by atoms with Crippen LogP contribution in [0.2, 0.25) is 0 Å². The maximum Gasteiger partial charge on any atom is 0.0803 e. The van der Waals surface area contributed by atoms with Crippen molar-refractivity contribution in [1.82, 2.24) is 0 Å². The van der Waals surface area contributed by atoms with Gasteiger partial charge in [-0.05, 0) is 40.5 Å². The predicted molar refractivity (Wildman–Crippen MR) is 114 cm³/mol. The standard InChI is InChI=1S/C26H34O/c1-6-7-12-17-27-23-25(4,5)20-14-9-11-16-22(20)26(23)18-24(2,3)19-13-8-10-15-21(19)26/h8-11,13-16,23H,6-7,12,17-18H2,1-5H3. The first-order valence-electron chi connectivity index (χ1n) is 10.7. The summed E-state index contributed by atoms with van der Waals surface area (Å²) >= 11 is 0. The van der Waals surface area contributed by atoms with Gasteiger partial charge in [0.25, 0.3) is 0 Å². The lowest BCUT2D eigenvalue weighted by Crippen LogP contribution is -2.45. The summed E-state index contributed by atoms with van der Waals surface area (Å²) in [7, 11) is 0. The highest BCUT2D eigenvalue weighted by molar-refractivity contribution is 5.61. The van der Waals surface area contributed by atoms with Crippen LogP contribution in [0, 0.1) is 0 Å². The van der Waals surface area contributed by atoms with Crippen molar-refractivity contribution < 1.29 is 4.74 Å². The van der Waals surface area contributed by atoms with Crippen LogP contribution in [0.15, 0.2) is 48.5 Å². The molecule has 1 heteroatoms. The summed E-state index contributed by atoms with van der Waals surface area (Å²) in [5.41, 5.74) is 6.09. The Hall–Kier alpha value is -1.60. The average molecular weight is 363 g/mol. The highest BCUT2D eigenvalue weighted by Crippen LogP contribution is 2.63. The van der Waals surface area contributed by atoms with E-state index in [4.69, 9.17) is 4.74 Å². The van der Waals surface area contributed by atoms with Crippen molar-refractivity contribution in [2.24, 2.45) is 0 Å². The van der Waals surface area contributed by atoms with E-state index in [9.17, 15) is 0 Å². The number of ether oxygens (including phenoxy) is 1. The van der Waals surface area contributed by atoms with E-state index in [0.29, 0.717) is 0 Å². The van der Waals surface area contributed by atoms with Crippen LogP contribution in [0.5, 0.6) is 0 Å². The molecule has 4 rings (SSSR count). The van der Waals surface area contributed by atoms with Gasteiger partial charge in [0.1, 0.15) is 0 Å². The van der Waals surface area contributed by atoms with E-state index in [1.165, 1.54) is 35.1 Å². The Morgan fingerprint density at radius 2 is 1.37 bits per heavy atom. The first-order chi connectivity index (χ1) is 12.9. The summed E-state index contributed by atoms with van der Waals surface area (Å²) in [6, 6.07) is 18.2. The van der Waals surface area contributed by atoms with Crippen LogP contribution < -0.4 is 0 Å². The molecule has 144 valence electrons. The number of hydrogen-bond donors (Lipinski definition) is 0. The van der Waals surface area contributed by atoms with Gasteiger partial charge in [-0.2, -0.15) is 0 Å². The lowest BCUT2D eigenvalue weighted by Gasteiger charge is -2.40. The van der Waals surface area contributed by atoms with Crippen molar-refractivity contribution in [1.29, 1.82) is 0 Å². The summed E-state index contributed by atoms with van der Waals surface area (Å²) in [5, 5.41) is 0. The monoisotopic (exact) mass is 362 g/mol. The third kappa shape index (κ3) is 2.62. The molecular weight excluding hydrogens is 328 g/mol. The van der Waals surface area contributed by atoms with E-state index in [1.54, 1.807) is 0 Å². The molecule has 2 atom stereocenters. The van der Waals surface area contributed by atoms with Gasteiger partial charge in [0.2, 0.25) is 0 Å². The molecule has 2 aromatic carbocycles. The molecule has 0 heterocycles. The maximum absolute atomic E-state index is 6.79. The minimum atomic E-state index is -0.0353. The quantitative estimate of drug-likeness (QED) is 0.550. The van der Waals surface area contributed by atoms with Gasteiger partial charge in [-0.3, -0.25) is 0 Å². The van der Waals surface area contributed by atoms with Crippen molar-refractivity contribution in [2.75, 3.05) is 6.61 Å². The van der Waals surface area contributed by atoms with E-state index in [1.807, 2.05) is 0 Å². The topological polar surface area (TPSA) is 9.23 Å². The van der Waals surface area contributed by atoms with Crippen LogP contribution in [0.3, 0.4) is 0 Å². The fourth-order valence-corrected chi connectivity index (χ4v) is 6.06. The zero-order valence-electron chi connectivity index (χ0n) is 17.6. The smallest absolute Gasteiger partial charge is 0.0803 e. The third-order valence-electron chi connectivity index (χ3n) is 7.09. The number of unbranched alkanes of at least 4 members (excludes halogenated alkanes) is 2. The first-order valence-corrected chi connectivity index (χ1v) is 10.7. The SMILES string of the molecule is CCCCCOC1C(C)(C)c2ccccc2C12CC(C)(C)c1ccccc12. The number of fused-ring (bicyclic) bond motifs is 4. The summed E-state index contributed by atoms with van der Waals surface area (Å²) < 4.78 is 6.79. The van der Waals surface area contributed by atoms with E-state index in [2.05, 4.69) is 83.1 Å². The molecule has 2 aliphatic rings. The Labute approximate surface area is 165 Å². The summed E-state index contributed by atoms with van der Waals surface area (Å²) in [6.07, 6.45) is 4.94. The van der Waals surface area contributed by atoms with Gasteiger partial charge in [-0.25, -0.2) is 0 Å². The van der Waals surface area contributed by atoms with Gasteiger partial charge in [0.15, 0.2) is 0 Å². The molecule has 0 saturated carbocycles. The zero-order chi connectivity index (χ0) is 19.3. The summed E-state index contributed by atoms with van der Waals surface area (Å²) in [4.78, 5) is 0. The van der Waals surface area contributed by atoms with Crippen LogP contribution in [-0.2, 0) is 21.0 Å². The van der Waals surface area contributed by atoms with E-state index < -0.39 is 0 Å². The van der Waals surface area contributed by atoms with Crippen molar-refractivity contribution in [3.63, 3.8) is 0 Å². The molecule has 0 bridgehead atoms. The molecule has 0 fully saturated rings. The van der Waals surface area contributed by atoms with Crippen molar-refractivity contribution >= 4 is 0 Å². The first kappa shape index (κ1) is 18.7. The Bertz CT molecular complexity index is 819. The largest absolute Gasteiger partial charge is 0.376 e. The molecule has 0 radical (unpaired) electrons. The molecule has 0 amide bonds. The van der Waals surface area contributed by atoms with Crippen LogP contribution in [-0.4, -0.2) is 12.7 Å². The van der Waals surface area contributed by atoms with E-state index >= 15 is 0 Å². The van der Waals surface area contributed by atoms with E-state index in [-0.39, 0.29) is 22.3 Å². The minimum Gasteiger partial charge on any atom is -0.376 e. The number of rotatable bonds is 5. The Balaban J connectivity index is 1.88. The Morgan fingerprint density at radius 3 is 2.00 bits per heavy atom. The molecule has 0 aliphatic heterocycles. The van der Waals surface area contributed by atoms with Crippen molar-refractivity contribution in [2.45, 2.75) is 82.7 Å². The normalized spacial score (nSPS) is 26.9. The number of benzene rings is 2. The average Bonchev–Trinajstić information content (AvgIpc) is 3.00. The Kier molecular flexibility index (Phi) is 4.50. The highest BCUT2D eigenvalue weighted by Gasteiger charge is 2.62. The molecule has 1 nitrogen and oxygen atoms in total. The summed E-state index contributed by atoms with van der Waals surface area (Å²) in [6.45, 7) is 12.7. The van der Waals surface area contributed by atoms with Crippen LogP contribution in [0.1, 0.15) is 82.6 Å². The van der Waals surface area contributed by atoms with Crippen molar-refractivity contribution in [3.8, 4) is 0 Å². The van der Waals surface area contributed by atoms with Gasteiger partial charge in [0, 0.05) is 17.4 Å². The molecular formula is C26H34O. The van der Waals surface area contributed by atoms with Gasteiger partial charge in [-0.1, -0.05) is 96.0 Å². The maximum atomic E-state index is 6.79. The Morgan fingerprint density at radius 1 is 0.815 bits per heavy atom. The van der Waals surface area contributed by atoms with Gasteiger partial charge in [0.05, 0.1) is 6.10 Å². The van der Waals surface area contributed by atoms with Gasteiger partial charge in [-0.15, -0.1) is 0 Å². The van der Waals surface area contributed by atoms with Gasteiger partial charge < -0.3 is 4.74 Å². The molecule has 0 N–H and O–H groups in total. The second kappa shape index (κ2) is 6.48. The van der Waals surface area contributed by atoms with Crippen LogP contribution >= 0.6 is 0 Å². The molecule has 0 aromatic heterocycles. The lowest BCUT2D eigenvalue weighted by atomic mass is 9.70. The van der Waals surface area contributed by atoms with Gasteiger partial charge >= 0.3 is 0 Å². The molecule has 0 saturated heterocycles. The minimum absolute atomic E-state index is 0.0103. The molecule has 2 unspecified atom stereocenters.